The highest BCUT2D eigenvalue weighted by molar-refractivity contribution is 5.82. The lowest BCUT2D eigenvalue weighted by atomic mass is 9.72. The molecular formula is C12H21NO3. The van der Waals surface area contributed by atoms with E-state index in [-0.39, 0.29) is 23.8 Å². The zero-order valence-electron chi connectivity index (χ0n) is 10.3. The van der Waals surface area contributed by atoms with Crippen molar-refractivity contribution in [1.29, 1.82) is 0 Å². The van der Waals surface area contributed by atoms with Gasteiger partial charge in [0.1, 0.15) is 6.54 Å². The number of carboxylic acids is 1. The maximum absolute atomic E-state index is 12.0. The third-order valence-electron chi connectivity index (χ3n) is 3.30. The average Bonchev–Trinajstić information content (AvgIpc) is 2.13. The molecule has 0 bridgehead atoms. The summed E-state index contributed by atoms with van der Waals surface area (Å²) in [7, 11) is 1.57. The Morgan fingerprint density at radius 3 is 2.56 bits per heavy atom. The Morgan fingerprint density at radius 2 is 2.06 bits per heavy atom. The summed E-state index contributed by atoms with van der Waals surface area (Å²) in [5, 5.41) is 8.64. The van der Waals surface area contributed by atoms with E-state index in [9.17, 15) is 9.59 Å². The molecule has 0 spiro atoms. The minimum Gasteiger partial charge on any atom is -0.480 e. The number of carboxylic acid groups (broad SMARTS) is 1. The SMILES string of the molecule is CN(CC(=O)O)C(=O)C1CCCC(C)(C)C1. The molecule has 1 aliphatic rings. The minimum atomic E-state index is -0.953. The van der Waals surface area contributed by atoms with Crippen molar-refractivity contribution >= 4 is 11.9 Å². The summed E-state index contributed by atoms with van der Waals surface area (Å²) in [5.74, 6) is -0.964. The number of nitrogens with zero attached hydrogens (tertiary/aromatic N) is 1. The van der Waals surface area contributed by atoms with Crippen LogP contribution < -0.4 is 0 Å². The van der Waals surface area contributed by atoms with Crippen LogP contribution in [0.5, 0.6) is 0 Å². The lowest BCUT2D eigenvalue weighted by Crippen LogP contribution is -2.39. The summed E-state index contributed by atoms with van der Waals surface area (Å²) >= 11 is 0. The van der Waals surface area contributed by atoms with Gasteiger partial charge in [-0.05, 0) is 24.7 Å². The zero-order valence-corrected chi connectivity index (χ0v) is 10.3. The van der Waals surface area contributed by atoms with Gasteiger partial charge < -0.3 is 10.0 Å². The molecule has 1 amide bonds. The van der Waals surface area contributed by atoms with Crippen LogP contribution in [0.3, 0.4) is 0 Å². The van der Waals surface area contributed by atoms with Crippen LogP contribution >= 0.6 is 0 Å². The van der Waals surface area contributed by atoms with Crippen LogP contribution in [-0.4, -0.2) is 35.5 Å². The van der Waals surface area contributed by atoms with Gasteiger partial charge in [0, 0.05) is 13.0 Å². The average molecular weight is 227 g/mol. The molecule has 0 aromatic carbocycles. The number of carbonyl (C=O) groups excluding carboxylic acids is 1. The van der Waals surface area contributed by atoms with Gasteiger partial charge in [0.05, 0.1) is 0 Å². The molecule has 0 saturated heterocycles. The highest BCUT2D eigenvalue weighted by Gasteiger charge is 2.33. The molecule has 4 heteroatoms. The standard InChI is InChI=1S/C12H21NO3/c1-12(2)6-4-5-9(7-12)11(16)13(3)8-10(14)15/h9H,4-8H2,1-3H3,(H,14,15). The van der Waals surface area contributed by atoms with E-state index in [1.165, 1.54) is 4.90 Å². The number of carbonyl (C=O) groups is 2. The summed E-state index contributed by atoms with van der Waals surface area (Å²) in [6.45, 7) is 4.14. The van der Waals surface area contributed by atoms with E-state index in [0.29, 0.717) is 0 Å². The molecule has 0 radical (unpaired) electrons. The fraction of sp³-hybridized carbons (Fsp3) is 0.833. The Kier molecular flexibility index (Phi) is 3.94. The zero-order chi connectivity index (χ0) is 12.3. The second-order valence-electron chi connectivity index (χ2n) is 5.55. The molecule has 4 nitrogen and oxygen atoms in total. The molecule has 1 fully saturated rings. The van der Waals surface area contributed by atoms with Crippen molar-refractivity contribution in [1.82, 2.24) is 4.90 Å². The first-order valence-electron chi connectivity index (χ1n) is 5.78. The summed E-state index contributed by atoms with van der Waals surface area (Å²) in [6, 6.07) is 0. The van der Waals surface area contributed by atoms with E-state index in [2.05, 4.69) is 13.8 Å². The lowest BCUT2D eigenvalue weighted by Gasteiger charge is -2.35. The third kappa shape index (κ3) is 3.51. The monoisotopic (exact) mass is 227 g/mol. The Bertz CT molecular complexity index is 286. The van der Waals surface area contributed by atoms with Gasteiger partial charge in [-0.2, -0.15) is 0 Å². The summed E-state index contributed by atoms with van der Waals surface area (Å²) in [4.78, 5) is 23.8. The molecule has 16 heavy (non-hydrogen) atoms. The molecule has 0 aromatic rings. The molecule has 1 N–H and O–H groups in total. The van der Waals surface area contributed by atoms with Crippen molar-refractivity contribution in [3.8, 4) is 0 Å². The number of aliphatic carboxylic acids is 1. The van der Waals surface area contributed by atoms with Gasteiger partial charge in [-0.25, -0.2) is 0 Å². The topological polar surface area (TPSA) is 57.6 Å². The predicted octanol–water partition coefficient (Wildman–Crippen LogP) is 1.75. The predicted molar refractivity (Wildman–Crippen MR) is 61.0 cm³/mol. The van der Waals surface area contributed by atoms with Gasteiger partial charge in [0.25, 0.3) is 0 Å². The maximum atomic E-state index is 12.0. The fourth-order valence-electron chi connectivity index (χ4n) is 2.50. The lowest BCUT2D eigenvalue weighted by molar-refractivity contribution is -0.146. The molecule has 1 rings (SSSR count). The van der Waals surface area contributed by atoms with Crippen LogP contribution in [0.4, 0.5) is 0 Å². The number of rotatable bonds is 3. The molecule has 1 unspecified atom stereocenters. The molecule has 1 saturated carbocycles. The van der Waals surface area contributed by atoms with Gasteiger partial charge in [0.15, 0.2) is 0 Å². The fourth-order valence-corrected chi connectivity index (χ4v) is 2.50. The Hall–Kier alpha value is -1.06. The van der Waals surface area contributed by atoms with Crippen LogP contribution in [0, 0.1) is 11.3 Å². The Balaban J connectivity index is 2.56. The number of hydrogen-bond donors (Lipinski definition) is 1. The Morgan fingerprint density at radius 1 is 1.44 bits per heavy atom. The van der Waals surface area contributed by atoms with Crippen molar-refractivity contribution in [2.45, 2.75) is 39.5 Å². The number of amides is 1. The van der Waals surface area contributed by atoms with Crippen LogP contribution in [0.25, 0.3) is 0 Å². The van der Waals surface area contributed by atoms with Gasteiger partial charge in [-0.1, -0.05) is 20.3 Å². The number of likely N-dealkylation sites (N-methyl/N-ethyl adjacent to an activating group) is 1. The van der Waals surface area contributed by atoms with Crippen molar-refractivity contribution in [2.24, 2.45) is 11.3 Å². The van der Waals surface area contributed by atoms with Gasteiger partial charge in [-0.3, -0.25) is 9.59 Å². The van der Waals surface area contributed by atoms with Crippen LogP contribution in [0.1, 0.15) is 39.5 Å². The molecule has 0 heterocycles. The smallest absolute Gasteiger partial charge is 0.323 e. The quantitative estimate of drug-likeness (QED) is 0.799. The third-order valence-corrected chi connectivity index (χ3v) is 3.30. The van der Waals surface area contributed by atoms with Gasteiger partial charge in [0.2, 0.25) is 5.91 Å². The van der Waals surface area contributed by atoms with Crippen LogP contribution in [0.2, 0.25) is 0 Å². The van der Waals surface area contributed by atoms with Crippen molar-refractivity contribution in [2.75, 3.05) is 13.6 Å². The van der Waals surface area contributed by atoms with E-state index in [1.807, 2.05) is 0 Å². The molecular weight excluding hydrogens is 206 g/mol. The molecule has 1 atom stereocenters. The molecule has 0 aromatic heterocycles. The summed E-state index contributed by atoms with van der Waals surface area (Å²) in [6.07, 6.45) is 3.98. The summed E-state index contributed by atoms with van der Waals surface area (Å²) in [5.41, 5.74) is 0.211. The van der Waals surface area contributed by atoms with E-state index >= 15 is 0 Å². The maximum Gasteiger partial charge on any atom is 0.323 e. The van der Waals surface area contributed by atoms with Gasteiger partial charge in [-0.15, -0.1) is 0 Å². The largest absolute Gasteiger partial charge is 0.480 e. The van der Waals surface area contributed by atoms with E-state index in [0.717, 1.165) is 25.7 Å². The van der Waals surface area contributed by atoms with Crippen molar-refractivity contribution < 1.29 is 14.7 Å². The number of hydrogen-bond acceptors (Lipinski definition) is 2. The summed E-state index contributed by atoms with van der Waals surface area (Å²) < 4.78 is 0. The second-order valence-corrected chi connectivity index (χ2v) is 5.55. The first-order valence-corrected chi connectivity index (χ1v) is 5.78. The van der Waals surface area contributed by atoms with Crippen LogP contribution in [0.15, 0.2) is 0 Å². The van der Waals surface area contributed by atoms with Gasteiger partial charge >= 0.3 is 5.97 Å². The normalized spacial score (nSPS) is 23.8. The first-order chi connectivity index (χ1) is 7.32. The van der Waals surface area contributed by atoms with E-state index in [1.54, 1.807) is 7.05 Å². The Labute approximate surface area is 96.6 Å². The highest BCUT2D eigenvalue weighted by Crippen LogP contribution is 2.39. The molecule has 92 valence electrons. The van der Waals surface area contributed by atoms with Crippen molar-refractivity contribution in [3.63, 3.8) is 0 Å². The first kappa shape index (κ1) is 13.0. The van der Waals surface area contributed by atoms with Crippen molar-refractivity contribution in [3.05, 3.63) is 0 Å². The van der Waals surface area contributed by atoms with Crippen LogP contribution in [-0.2, 0) is 9.59 Å². The highest BCUT2D eigenvalue weighted by atomic mass is 16.4. The van der Waals surface area contributed by atoms with E-state index in [4.69, 9.17) is 5.11 Å². The molecule has 0 aliphatic heterocycles. The van der Waals surface area contributed by atoms with E-state index < -0.39 is 5.97 Å². The molecule has 1 aliphatic carbocycles. The second kappa shape index (κ2) is 4.85. The minimum absolute atomic E-state index is 0.00750.